The van der Waals surface area contributed by atoms with Crippen molar-refractivity contribution in [2.24, 2.45) is 0 Å². The lowest BCUT2D eigenvalue weighted by Crippen LogP contribution is -2.22. The molecule has 110 valence electrons. The summed E-state index contributed by atoms with van der Waals surface area (Å²) >= 11 is 0. The first kappa shape index (κ1) is 14.1. The molecule has 0 aliphatic heterocycles. The molecule has 0 aliphatic carbocycles. The molecule has 3 rings (SSSR count). The van der Waals surface area contributed by atoms with Crippen molar-refractivity contribution in [1.82, 2.24) is 9.88 Å². The van der Waals surface area contributed by atoms with Gasteiger partial charge in [0.1, 0.15) is 5.82 Å². The molecule has 3 aromatic rings. The van der Waals surface area contributed by atoms with Crippen LogP contribution in [0.3, 0.4) is 0 Å². The zero-order valence-electron chi connectivity index (χ0n) is 11.9. The first-order valence-electron chi connectivity index (χ1n) is 6.98. The third-order valence-corrected chi connectivity index (χ3v) is 3.40. The van der Waals surface area contributed by atoms with Gasteiger partial charge < -0.3 is 9.88 Å². The number of nitrogens with one attached hydrogen (secondary N) is 1. The van der Waals surface area contributed by atoms with Gasteiger partial charge in [0, 0.05) is 30.2 Å². The van der Waals surface area contributed by atoms with Gasteiger partial charge in [-0.25, -0.2) is 4.39 Å². The molecule has 22 heavy (non-hydrogen) atoms. The number of nitrogens with zero attached hydrogens (tertiary/aromatic N) is 1. The van der Waals surface area contributed by atoms with E-state index < -0.39 is 0 Å². The van der Waals surface area contributed by atoms with Crippen LogP contribution in [0, 0.1) is 5.82 Å². The number of rotatable bonds is 4. The maximum absolute atomic E-state index is 12.8. The number of benzene rings is 2. The van der Waals surface area contributed by atoms with Gasteiger partial charge >= 0.3 is 0 Å². The van der Waals surface area contributed by atoms with Crippen molar-refractivity contribution >= 4 is 5.91 Å². The molecular weight excluding hydrogens is 279 g/mol. The molecule has 1 amide bonds. The van der Waals surface area contributed by atoms with Crippen LogP contribution in [-0.4, -0.2) is 10.5 Å². The summed E-state index contributed by atoms with van der Waals surface area (Å²) in [6.07, 6.45) is 3.95. The van der Waals surface area contributed by atoms with Crippen LogP contribution >= 0.6 is 0 Å². The Morgan fingerprint density at radius 2 is 1.59 bits per heavy atom. The Labute approximate surface area is 128 Å². The van der Waals surface area contributed by atoms with E-state index in [-0.39, 0.29) is 11.7 Å². The van der Waals surface area contributed by atoms with E-state index in [9.17, 15) is 9.18 Å². The van der Waals surface area contributed by atoms with Gasteiger partial charge in [-0.05, 0) is 54.1 Å². The third kappa shape index (κ3) is 3.23. The number of aromatic nitrogens is 1. The molecule has 4 heteroatoms. The maximum atomic E-state index is 12.8. The number of amides is 1. The summed E-state index contributed by atoms with van der Waals surface area (Å²) in [6.45, 7) is 0.433. The molecule has 0 aliphatic rings. The molecule has 1 N–H and O–H groups in total. The van der Waals surface area contributed by atoms with E-state index in [4.69, 9.17) is 0 Å². The van der Waals surface area contributed by atoms with Gasteiger partial charge in [-0.15, -0.1) is 0 Å². The Balaban J connectivity index is 1.61. The van der Waals surface area contributed by atoms with Gasteiger partial charge in [0.15, 0.2) is 0 Å². The summed E-state index contributed by atoms with van der Waals surface area (Å²) in [6, 6.07) is 17.4. The lowest BCUT2D eigenvalue weighted by Gasteiger charge is -2.07. The Hall–Kier alpha value is -2.88. The molecule has 0 bridgehead atoms. The number of hydrogen-bond acceptors (Lipinski definition) is 1. The van der Waals surface area contributed by atoms with E-state index in [0.29, 0.717) is 12.1 Å². The van der Waals surface area contributed by atoms with E-state index >= 15 is 0 Å². The van der Waals surface area contributed by atoms with Crippen molar-refractivity contribution in [3.63, 3.8) is 0 Å². The van der Waals surface area contributed by atoms with Gasteiger partial charge in [0.05, 0.1) is 0 Å². The zero-order chi connectivity index (χ0) is 15.4. The fourth-order valence-corrected chi connectivity index (χ4v) is 2.18. The molecule has 1 heterocycles. The number of carbonyl (C=O) groups excluding carboxylic acids is 1. The highest BCUT2D eigenvalue weighted by Gasteiger charge is 2.05. The molecule has 0 spiro atoms. The quantitative estimate of drug-likeness (QED) is 0.784. The number of hydrogen-bond donors (Lipinski definition) is 1. The summed E-state index contributed by atoms with van der Waals surface area (Å²) in [5.41, 5.74) is 2.52. The SMILES string of the molecule is O=C(NCc1ccc(-n2cccc2)cc1)c1ccc(F)cc1. The second-order valence-corrected chi connectivity index (χ2v) is 4.95. The molecule has 3 nitrogen and oxygen atoms in total. The van der Waals surface area contributed by atoms with Gasteiger partial charge in [-0.3, -0.25) is 4.79 Å². The lowest BCUT2D eigenvalue weighted by atomic mass is 10.2. The first-order valence-corrected chi connectivity index (χ1v) is 6.98. The molecule has 0 atom stereocenters. The zero-order valence-corrected chi connectivity index (χ0v) is 11.9. The van der Waals surface area contributed by atoms with Gasteiger partial charge in [0.2, 0.25) is 0 Å². The predicted molar refractivity (Wildman–Crippen MR) is 83.3 cm³/mol. The summed E-state index contributed by atoms with van der Waals surface area (Å²) in [7, 11) is 0. The monoisotopic (exact) mass is 294 g/mol. The van der Waals surface area contributed by atoms with Crippen LogP contribution in [-0.2, 0) is 6.54 Å². The minimum atomic E-state index is -0.350. The van der Waals surface area contributed by atoms with E-state index in [0.717, 1.165) is 11.3 Å². The van der Waals surface area contributed by atoms with Crippen molar-refractivity contribution in [2.75, 3.05) is 0 Å². The van der Waals surface area contributed by atoms with Crippen LogP contribution in [0.2, 0.25) is 0 Å². The van der Waals surface area contributed by atoms with Crippen LogP contribution in [0.4, 0.5) is 4.39 Å². The number of carbonyl (C=O) groups is 1. The normalized spacial score (nSPS) is 10.4. The summed E-state index contributed by atoms with van der Waals surface area (Å²) in [5.74, 6) is -0.563. The number of halogens is 1. The average Bonchev–Trinajstić information content (AvgIpc) is 3.08. The largest absolute Gasteiger partial charge is 0.348 e. The highest BCUT2D eigenvalue weighted by atomic mass is 19.1. The topological polar surface area (TPSA) is 34.0 Å². The van der Waals surface area contributed by atoms with Crippen LogP contribution in [0.25, 0.3) is 5.69 Å². The smallest absolute Gasteiger partial charge is 0.251 e. The van der Waals surface area contributed by atoms with E-state index in [1.165, 1.54) is 24.3 Å². The van der Waals surface area contributed by atoms with Crippen LogP contribution < -0.4 is 5.32 Å². The fourth-order valence-electron chi connectivity index (χ4n) is 2.18. The van der Waals surface area contributed by atoms with Crippen LogP contribution in [0.1, 0.15) is 15.9 Å². The molecular formula is C18H15FN2O. The van der Waals surface area contributed by atoms with E-state index in [1.807, 2.05) is 53.4 Å². The minimum absolute atomic E-state index is 0.213. The maximum Gasteiger partial charge on any atom is 0.251 e. The van der Waals surface area contributed by atoms with Crippen molar-refractivity contribution in [3.8, 4) is 5.69 Å². The Morgan fingerprint density at radius 3 is 2.23 bits per heavy atom. The van der Waals surface area contributed by atoms with Crippen molar-refractivity contribution in [1.29, 1.82) is 0 Å². The van der Waals surface area contributed by atoms with Gasteiger partial charge in [0.25, 0.3) is 5.91 Å². The lowest BCUT2D eigenvalue weighted by molar-refractivity contribution is 0.0951. The molecule has 0 saturated heterocycles. The second-order valence-electron chi connectivity index (χ2n) is 4.95. The fraction of sp³-hybridized carbons (Fsp3) is 0.0556. The van der Waals surface area contributed by atoms with Crippen molar-refractivity contribution in [2.45, 2.75) is 6.54 Å². The highest BCUT2D eigenvalue weighted by Crippen LogP contribution is 2.10. The van der Waals surface area contributed by atoms with Crippen LogP contribution in [0.5, 0.6) is 0 Å². The Morgan fingerprint density at radius 1 is 0.955 bits per heavy atom. The average molecular weight is 294 g/mol. The van der Waals surface area contributed by atoms with Crippen molar-refractivity contribution < 1.29 is 9.18 Å². The van der Waals surface area contributed by atoms with Gasteiger partial charge in [-0.1, -0.05) is 12.1 Å². The summed E-state index contributed by atoms with van der Waals surface area (Å²) < 4.78 is 14.8. The Bertz CT molecular complexity index is 747. The third-order valence-electron chi connectivity index (χ3n) is 3.40. The molecule has 0 radical (unpaired) electrons. The van der Waals surface area contributed by atoms with Gasteiger partial charge in [-0.2, -0.15) is 0 Å². The van der Waals surface area contributed by atoms with E-state index in [2.05, 4.69) is 5.32 Å². The van der Waals surface area contributed by atoms with E-state index in [1.54, 1.807) is 0 Å². The molecule has 2 aromatic carbocycles. The molecule has 0 saturated carbocycles. The van der Waals surface area contributed by atoms with Crippen molar-refractivity contribution in [3.05, 3.63) is 90.0 Å². The molecule has 0 fully saturated rings. The summed E-state index contributed by atoms with van der Waals surface area (Å²) in [4.78, 5) is 11.9. The summed E-state index contributed by atoms with van der Waals surface area (Å²) in [5, 5.41) is 2.82. The molecule has 0 unspecified atom stereocenters. The standard InChI is InChI=1S/C18H15FN2O/c19-16-7-5-15(6-8-16)18(22)20-13-14-3-9-17(10-4-14)21-11-1-2-12-21/h1-12H,13H2,(H,20,22). The first-order chi connectivity index (χ1) is 10.7. The van der Waals surface area contributed by atoms with Crippen LogP contribution in [0.15, 0.2) is 73.1 Å². The molecule has 1 aromatic heterocycles. The predicted octanol–water partition coefficient (Wildman–Crippen LogP) is 3.55. The Kier molecular flexibility index (Phi) is 4.01. The highest BCUT2D eigenvalue weighted by molar-refractivity contribution is 5.94. The minimum Gasteiger partial charge on any atom is -0.348 e. The second kappa shape index (κ2) is 6.26.